The van der Waals surface area contributed by atoms with Crippen LogP contribution in [0.15, 0.2) is 78.0 Å². The Morgan fingerprint density at radius 2 is 1.78 bits per heavy atom. The van der Waals surface area contributed by atoms with E-state index in [0.717, 1.165) is 6.07 Å². The maximum atomic E-state index is 14.2. The first-order chi connectivity index (χ1) is 15.4. The van der Waals surface area contributed by atoms with Gasteiger partial charge in [-0.3, -0.25) is 9.78 Å². The molecule has 2 atom stereocenters. The van der Waals surface area contributed by atoms with Gasteiger partial charge >= 0.3 is 0 Å². The molecule has 2 heterocycles. The van der Waals surface area contributed by atoms with E-state index >= 15 is 0 Å². The Labute approximate surface area is 186 Å². The molecule has 0 saturated carbocycles. The second-order valence-electron chi connectivity index (χ2n) is 7.59. The number of sulfonamides is 1. The highest BCUT2D eigenvalue weighted by atomic mass is 32.2. The maximum absolute atomic E-state index is 14.2. The van der Waals surface area contributed by atoms with Crippen molar-refractivity contribution in [2.45, 2.75) is 29.8 Å². The molecule has 9 heteroatoms. The number of carbonyl (C=O) groups excluding carboxylic acids is 1. The number of benzene rings is 2. The van der Waals surface area contributed by atoms with Gasteiger partial charge in [0.15, 0.2) is 0 Å². The first-order valence-electron chi connectivity index (χ1n) is 10.2. The molecule has 2 unspecified atom stereocenters. The molecule has 4 rings (SSSR count). The van der Waals surface area contributed by atoms with E-state index in [1.54, 1.807) is 48.8 Å². The lowest BCUT2D eigenvalue weighted by atomic mass is 9.98. The van der Waals surface area contributed by atoms with E-state index in [1.165, 1.54) is 22.5 Å². The third kappa shape index (κ3) is 4.40. The van der Waals surface area contributed by atoms with Crippen LogP contribution >= 0.6 is 0 Å². The molecule has 0 radical (unpaired) electrons. The highest BCUT2D eigenvalue weighted by molar-refractivity contribution is 7.89. The van der Waals surface area contributed by atoms with Crippen LogP contribution in [-0.2, 0) is 10.0 Å². The zero-order valence-corrected chi connectivity index (χ0v) is 18.0. The summed E-state index contributed by atoms with van der Waals surface area (Å²) in [6, 6.07) is 14.3. The van der Waals surface area contributed by atoms with Gasteiger partial charge in [0.05, 0.1) is 0 Å². The van der Waals surface area contributed by atoms with E-state index in [9.17, 15) is 17.6 Å². The van der Waals surface area contributed by atoms with Gasteiger partial charge in [-0.15, -0.1) is 0 Å². The maximum Gasteiger partial charge on any atom is 0.255 e. The van der Waals surface area contributed by atoms with Gasteiger partial charge in [0.25, 0.3) is 5.91 Å². The van der Waals surface area contributed by atoms with E-state index in [-0.39, 0.29) is 17.3 Å². The summed E-state index contributed by atoms with van der Waals surface area (Å²) in [5, 5.41) is 2.78. The first-order valence-corrected chi connectivity index (χ1v) is 11.7. The van der Waals surface area contributed by atoms with Crippen molar-refractivity contribution in [2.75, 3.05) is 11.9 Å². The number of halogens is 1. The van der Waals surface area contributed by atoms with Crippen LogP contribution in [0.4, 0.5) is 10.1 Å². The highest BCUT2D eigenvalue weighted by Gasteiger charge is 2.39. The summed E-state index contributed by atoms with van der Waals surface area (Å²) in [6.07, 6.45) is 4.37. The Balaban J connectivity index is 1.51. The smallest absolute Gasteiger partial charge is 0.255 e. The normalized spacial score (nSPS) is 17.8. The van der Waals surface area contributed by atoms with Gasteiger partial charge in [0, 0.05) is 42.3 Å². The average molecular weight is 455 g/mol. The van der Waals surface area contributed by atoms with Crippen LogP contribution in [0.1, 0.15) is 34.8 Å². The number of pyridine rings is 1. The SMILES string of the molecule is NC(c1ccc(C(=O)Nc2ccncc2)cc1)C1CCCN1S(=O)(=O)c1ccccc1F. The molecule has 2 aromatic carbocycles. The van der Waals surface area contributed by atoms with E-state index in [2.05, 4.69) is 10.3 Å². The molecule has 1 aromatic heterocycles. The first kappa shape index (κ1) is 22.1. The third-order valence-electron chi connectivity index (χ3n) is 5.58. The van der Waals surface area contributed by atoms with Crippen LogP contribution < -0.4 is 11.1 Å². The fourth-order valence-electron chi connectivity index (χ4n) is 3.92. The quantitative estimate of drug-likeness (QED) is 0.594. The van der Waals surface area contributed by atoms with Crippen molar-refractivity contribution in [1.82, 2.24) is 9.29 Å². The molecule has 1 fully saturated rings. The standard InChI is InChI=1S/C23H23FN4O3S/c24-19-4-1-2-6-21(19)32(30,31)28-15-3-5-20(28)22(25)16-7-9-17(10-8-16)23(29)27-18-11-13-26-14-12-18/h1-2,4,6-14,20,22H,3,5,15,25H2,(H,26,27,29). The Morgan fingerprint density at radius 3 is 2.47 bits per heavy atom. The van der Waals surface area contributed by atoms with Crippen LogP contribution in [0.5, 0.6) is 0 Å². The van der Waals surface area contributed by atoms with Gasteiger partial charge in [-0.05, 0) is 54.8 Å². The van der Waals surface area contributed by atoms with E-state index in [4.69, 9.17) is 5.73 Å². The summed E-state index contributed by atoms with van der Waals surface area (Å²) in [5.74, 6) is -1.06. The molecule has 1 saturated heterocycles. The molecule has 1 amide bonds. The van der Waals surface area contributed by atoms with Crippen LogP contribution in [-0.4, -0.2) is 36.2 Å². The largest absolute Gasteiger partial charge is 0.323 e. The molecule has 1 aliphatic heterocycles. The molecule has 1 aliphatic rings. The number of carbonyl (C=O) groups is 1. The summed E-state index contributed by atoms with van der Waals surface area (Å²) < 4.78 is 41.7. The molecule has 32 heavy (non-hydrogen) atoms. The number of anilines is 1. The van der Waals surface area contributed by atoms with Crippen molar-refractivity contribution in [3.05, 3.63) is 90.0 Å². The molecule has 0 bridgehead atoms. The average Bonchev–Trinajstić information content (AvgIpc) is 3.30. The van der Waals surface area contributed by atoms with E-state index < -0.39 is 27.9 Å². The molecular formula is C23H23FN4O3S. The Morgan fingerprint density at radius 1 is 1.09 bits per heavy atom. The summed E-state index contributed by atoms with van der Waals surface area (Å²) in [4.78, 5) is 16.0. The Kier molecular flexibility index (Phi) is 6.31. The van der Waals surface area contributed by atoms with Crippen molar-refractivity contribution in [3.8, 4) is 0 Å². The number of nitrogens with zero attached hydrogens (tertiary/aromatic N) is 2. The second-order valence-corrected chi connectivity index (χ2v) is 9.45. The number of nitrogens with one attached hydrogen (secondary N) is 1. The molecule has 7 nitrogen and oxygen atoms in total. The minimum absolute atomic E-state index is 0.277. The fourth-order valence-corrected chi connectivity index (χ4v) is 5.70. The van der Waals surface area contributed by atoms with E-state index in [1.807, 2.05) is 0 Å². The molecule has 166 valence electrons. The topological polar surface area (TPSA) is 105 Å². The minimum Gasteiger partial charge on any atom is -0.323 e. The fraction of sp³-hybridized carbons (Fsp3) is 0.217. The van der Waals surface area contributed by atoms with Crippen LogP contribution in [0, 0.1) is 5.82 Å². The number of amides is 1. The summed E-state index contributed by atoms with van der Waals surface area (Å²) in [7, 11) is -4.02. The number of rotatable bonds is 6. The molecule has 0 aliphatic carbocycles. The van der Waals surface area contributed by atoms with Crippen molar-refractivity contribution in [2.24, 2.45) is 5.73 Å². The van der Waals surface area contributed by atoms with Crippen LogP contribution in [0.2, 0.25) is 0 Å². The molecular weight excluding hydrogens is 431 g/mol. The Hall–Kier alpha value is -3.14. The number of aromatic nitrogens is 1. The Bertz CT molecular complexity index is 1200. The zero-order chi connectivity index (χ0) is 22.7. The van der Waals surface area contributed by atoms with Crippen molar-refractivity contribution >= 4 is 21.6 Å². The zero-order valence-electron chi connectivity index (χ0n) is 17.2. The predicted molar refractivity (Wildman–Crippen MR) is 119 cm³/mol. The number of nitrogens with two attached hydrogens (primary N) is 1. The van der Waals surface area contributed by atoms with E-state index in [0.29, 0.717) is 29.7 Å². The molecule has 3 N–H and O–H groups in total. The lowest BCUT2D eigenvalue weighted by molar-refractivity contribution is 0.102. The van der Waals surface area contributed by atoms with Crippen molar-refractivity contribution in [3.63, 3.8) is 0 Å². The summed E-state index contributed by atoms with van der Waals surface area (Å²) >= 11 is 0. The van der Waals surface area contributed by atoms with Gasteiger partial charge in [-0.1, -0.05) is 24.3 Å². The summed E-state index contributed by atoms with van der Waals surface area (Å²) in [5.41, 5.74) is 8.22. The monoisotopic (exact) mass is 454 g/mol. The lowest BCUT2D eigenvalue weighted by Gasteiger charge is -2.29. The number of hydrogen-bond donors (Lipinski definition) is 2. The summed E-state index contributed by atoms with van der Waals surface area (Å²) in [6.45, 7) is 0.279. The van der Waals surface area contributed by atoms with Gasteiger partial charge in [0.2, 0.25) is 10.0 Å². The lowest BCUT2D eigenvalue weighted by Crippen LogP contribution is -2.42. The second kappa shape index (κ2) is 9.15. The molecule has 3 aromatic rings. The van der Waals surface area contributed by atoms with Crippen molar-refractivity contribution in [1.29, 1.82) is 0 Å². The van der Waals surface area contributed by atoms with Crippen LogP contribution in [0.3, 0.4) is 0 Å². The third-order valence-corrected chi connectivity index (χ3v) is 7.54. The van der Waals surface area contributed by atoms with Gasteiger partial charge in [-0.25, -0.2) is 12.8 Å². The van der Waals surface area contributed by atoms with Gasteiger partial charge < -0.3 is 11.1 Å². The van der Waals surface area contributed by atoms with Gasteiger partial charge in [-0.2, -0.15) is 4.31 Å². The highest BCUT2D eigenvalue weighted by Crippen LogP contribution is 2.33. The predicted octanol–water partition coefficient (Wildman–Crippen LogP) is 3.33. The van der Waals surface area contributed by atoms with Gasteiger partial charge in [0.1, 0.15) is 10.7 Å². The minimum atomic E-state index is -4.02. The van der Waals surface area contributed by atoms with Crippen LogP contribution in [0.25, 0.3) is 0 Å². The molecule has 0 spiro atoms. The van der Waals surface area contributed by atoms with Crippen molar-refractivity contribution < 1.29 is 17.6 Å². The number of hydrogen-bond acceptors (Lipinski definition) is 5.